The van der Waals surface area contributed by atoms with Crippen LogP contribution < -0.4 is 0 Å². The highest BCUT2D eigenvalue weighted by Crippen LogP contribution is 2.13. The molecule has 5 heteroatoms. The molecule has 0 saturated heterocycles. The van der Waals surface area contributed by atoms with Crippen molar-refractivity contribution >= 4 is 9.05 Å². The molecule has 4 nitrogen and oxygen atoms in total. The van der Waals surface area contributed by atoms with Crippen LogP contribution in [0, 0.1) is 0 Å². The van der Waals surface area contributed by atoms with Crippen LogP contribution in [0.4, 0.5) is 0 Å². The fourth-order valence-corrected chi connectivity index (χ4v) is 2.75. The lowest BCUT2D eigenvalue weighted by Gasteiger charge is -2.26. The van der Waals surface area contributed by atoms with Crippen LogP contribution in [-0.2, 0) is 17.7 Å². The lowest BCUT2D eigenvalue weighted by atomic mass is 10.4. The van der Waals surface area contributed by atoms with E-state index in [1.807, 2.05) is 32.9 Å². The van der Waals surface area contributed by atoms with Gasteiger partial charge in [0.2, 0.25) is 0 Å². The molecule has 0 fully saturated rings. The van der Waals surface area contributed by atoms with Gasteiger partial charge in [-0.25, -0.2) is 0 Å². The Balaban J connectivity index is 4.34. The molecule has 0 aromatic rings. The van der Waals surface area contributed by atoms with E-state index in [-0.39, 0.29) is 6.10 Å². The van der Waals surface area contributed by atoms with E-state index in [1.165, 1.54) is 0 Å². The van der Waals surface area contributed by atoms with Gasteiger partial charge in [0, 0.05) is 20.8 Å². The molecule has 0 aromatic heterocycles. The SMILES string of the molecule is CC=CC(C)O[Si](OC)(OC)OCCC. The topological polar surface area (TPSA) is 36.9 Å². The standard InChI is InChI=1S/C10H22O4Si/c1-6-8-10(3)14-15(11-4,12-5)13-9-7-2/h6,8,10H,7,9H2,1-5H3. The summed E-state index contributed by atoms with van der Waals surface area (Å²) in [6, 6.07) is 0. The molecule has 0 aliphatic carbocycles. The number of hydrogen-bond acceptors (Lipinski definition) is 4. The van der Waals surface area contributed by atoms with Gasteiger partial charge in [-0.05, 0) is 20.3 Å². The lowest BCUT2D eigenvalue weighted by molar-refractivity contribution is -0.0201. The molecule has 0 aliphatic rings. The average molecular weight is 234 g/mol. The Labute approximate surface area is 93.7 Å². The molecular weight excluding hydrogens is 212 g/mol. The first-order chi connectivity index (χ1) is 7.14. The molecule has 1 unspecified atom stereocenters. The van der Waals surface area contributed by atoms with Crippen LogP contribution in [0.5, 0.6) is 0 Å². The highest BCUT2D eigenvalue weighted by atomic mass is 28.4. The van der Waals surface area contributed by atoms with Gasteiger partial charge >= 0.3 is 9.05 Å². The Morgan fingerprint density at radius 3 is 2.27 bits per heavy atom. The molecule has 0 amide bonds. The third-order valence-electron chi connectivity index (χ3n) is 1.78. The quantitative estimate of drug-likeness (QED) is 0.476. The molecular formula is C10H22O4Si. The third kappa shape index (κ3) is 5.43. The van der Waals surface area contributed by atoms with Crippen LogP contribution in [0.2, 0.25) is 0 Å². The maximum absolute atomic E-state index is 5.66. The minimum atomic E-state index is -2.92. The van der Waals surface area contributed by atoms with Gasteiger partial charge in [0.25, 0.3) is 0 Å². The maximum Gasteiger partial charge on any atom is 0.679 e. The molecule has 15 heavy (non-hydrogen) atoms. The Morgan fingerprint density at radius 2 is 1.87 bits per heavy atom. The van der Waals surface area contributed by atoms with Crippen molar-refractivity contribution in [2.24, 2.45) is 0 Å². The third-order valence-corrected chi connectivity index (χ3v) is 3.99. The Bertz CT molecular complexity index is 180. The van der Waals surface area contributed by atoms with Crippen molar-refractivity contribution in [1.29, 1.82) is 0 Å². The van der Waals surface area contributed by atoms with Crippen LogP contribution in [0.15, 0.2) is 12.2 Å². The van der Waals surface area contributed by atoms with Gasteiger partial charge in [-0.2, -0.15) is 0 Å². The molecule has 0 heterocycles. The van der Waals surface area contributed by atoms with E-state index in [9.17, 15) is 0 Å². The minimum absolute atomic E-state index is 0.0709. The highest BCUT2D eigenvalue weighted by molar-refractivity contribution is 6.53. The zero-order chi connectivity index (χ0) is 11.7. The summed E-state index contributed by atoms with van der Waals surface area (Å²) in [5.74, 6) is 0. The van der Waals surface area contributed by atoms with Crippen molar-refractivity contribution in [3.8, 4) is 0 Å². The van der Waals surface area contributed by atoms with Gasteiger partial charge in [-0.15, -0.1) is 0 Å². The van der Waals surface area contributed by atoms with Gasteiger partial charge in [0.15, 0.2) is 0 Å². The van der Waals surface area contributed by atoms with E-state index >= 15 is 0 Å². The second kappa shape index (κ2) is 8.01. The van der Waals surface area contributed by atoms with Gasteiger partial charge < -0.3 is 17.7 Å². The summed E-state index contributed by atoms with van der Waals surface area (Å²) in [4.78, 5) is 0. The number of rotatable bonds is 8. The lowest BCUT2D eigenvalue weighted by Crippen LogP contribution is -2.49. The van der Waals surface area contributed by atoms with Crippen molar-refractivity contribution < 1.29 is 17.7 Å². The van der Waals surface area contributed by atoms with Gasteiger partial charge in [-0.1, -0.05) is 19.1 Å². The highest BCUT2D eigenvalue weighted by Gasteiger charge is 2.44. The maximum atomic E-state index is 5.66. The summed E-state index contributed by atoms with van der Waals surface area (Å²) < 4.78 is 21.7. The second-order valence-corrected chi connectivity index (χ2v) is 5.45. The van der Waals surface area contributed by atoms with Crippen molar-refractivity contribution in [2.45, 2.75) is 33.3 Å². The van der Waals surface area contributed by atoms with Gasteiger partial charge in [0.1, 0.15) is 0 Å². The molecule has 90 valence electrons. The summed E-state index contributed by atoms with van der Waals surface area (Å²) in [7, 11) is 0.183. The van der Waals surface area contributed by atoms with Crippen LogP contribution in [-0.4, -0.2) is 36.0 Å². The van der Waals surface area contributed by atoms with E-state index in [4.69, 9.17) is 17.7 Å². The zero-order valence-electron chi connectivity index (χ0n) is 10.3. The van der Waals surface area contributed by atoms with Gasteiger partial charge in [0.05, 0.1) is 6.10 Å². The Kier molecular flexibility index (Phi) is 7.90. The largest absolute Gasteiger partial charge is 0.679 e. The number of hydrogen-bond donors (Lipinski definition) is 0. The number of allylic oxidation sites excluding steroid dienone is 1. The molecule has 0 saturated carbocycles. The van der Waals surface area contributed by atoms with E-state index in [0.717, 1.165) is 6.42 Å². The first kappa shape index (κ1) is 14.8. The average Bonchev–Trinajstić information content (AvgIpc) is 2.25. The van der Waals surface area contributed by atoms with Crippen LogP contribution in [0.3, 0.4) is 0 Å². The van der Waals surface area contributed by atoms with E-state index < -0.39 is 9.05 Å². The van der Waals surface area contributed by atoms with Crippen LogP contribution in [0.1, 0.15) is 27.2 Å². The van der Waals surface area contributed by atoms with E-state index in [2.05, 4.69) is 0 Å². The summed E-state index contributed by atoms with van der Waals surface area (Å²) in [6.45, 7) is 6.47. The molecule has 0 radical (unpaired) electrons. The van der Waals surface area contributed by atoms with Crippen molar-refractivity contribution in [2.75, 3.05) is 20.8 Å². The zero-order valence-corrected chi connectivity index (χ0v) is 11.3. The smallest absolute Gasteiger partial charge is 0.355 e. The summed E-state index contributed by atoms with van der Waals surface area (Å²) in [5.41, 5.74) is 0. The van der Waals surface area contributed by atoms with Crippen molar-refractivity contribution in [3.63, 3.8) is 0 Å². The molecule has 0 spiro atoms. The summed E-state index contributed by atoms with van der Waals surface area (Å²) >= 11 is 0. The molecule has 1 atom stereocenters. The molecule has 0 aromatic carbocycles. The first-order valence-electron chi connectivity index (χ1n) is 5.19. The fourth-order valence-electron chi connectivity index (χ4n) is 1.10. The Morgan fingerprint density at radius 1 is 1.27 bits per heavy atom. The summed E-state index contributed by atoms with van der Waals surface area (Å²) in [5, 5.41) is 0. The summed E-state index contributed by atoms with van der Waals surface area (Å²) in [6.07, 6.45) is 4.69. The molecule has 0 rings (SSSR count). The molecule has 0 bridgehead atoms. The minimum Gasteiger partial charge on any atom is -0.355 e. The molecule has 0 aliphatic heterocycles. The van der Waals surface area contributed by atoms with Crippen molar-refractivity contribution in [1.82, 2.24) is 0 Å². The van der Waals surface area contributed by atoms with E-state index in [0.29, 0.717) is 6.61 Å². The fraction of sp³-hybridized carbons (Fsp3) is 0.800. The van der Waals surface area contributed by atoms with Crippen LogP contribution in [0.25, 0.3) is 0 Å². The van der Waals surface area contributed by atoms with Gasteiger partial charge in [-0.3, -0.25) is 0 Å². The normalized spacial score (nSPS) is 14.7. The predicted molar refractivity (Wildman–Crippen MR) is 61.4 cm³/mol. The predicted octanol–water partition coefficient (Wildman–Crippen LogP) is 2.12. The monoisotopic (exact) mass is 234 g/mol. The van der Waals surface area contributed by atoms with Crippen LogP contribution >= 0.6 is 0 Å². The molecule has 0 N–H and O–H groups in total. The first-order valence-corrected chi connectivity index (χ1v) is 6.82. The van der Waals surface area contributed by atoms with E-state index in [1.54, 1.807) is 14.2 Å². The second-order valence-electron chi connectivity index (χ2n) is 3.11. The van der Waals surface area contributed by atoms with Crippen molar-refractivity contribution in [3.05, 3.63) is 12.2 Å². The Hall–Kier alpha value is -0.203.